The van der Waals surface area contributed by atoms with Crippen LogP contribution in [-0.2, 0) is 9.59 Å². The molecule has 0 bridgehead atoms. The minimum atomic E-state index is -0.185. The second-order valence-electron chi connectivity index (χ2n) is 5.92. The number of hydrogen-bond donors (Lipinski definition) is 1. The van der Waals surface area contributed by atoms with E-state index in [9.17, 15) is 9.59 Å². The maximum atomic E-state index is 12.6. The maximum Gasteiger partial charge on any atom is 0.266 e. The molecule has 0 unspecified atom stereocenters. The van der Waals surface area contributed by atoms with Gasteiger partial charge < -0.3 is 10.1 Å². The molecule has 1 fully saturated rings. The number of anilines is 1. The summed E-state index contributed by atoms with van der Waals surface area (Å²) in [6.07, 6.45) is 1.96. The van der Waals surface area contributed by atoms with Gasteiger partial charge in [0.2, 0.25) is 5.91 Å². The molecule has 2 aromatic rings. The Morgan fingerprint density at radius 3 is 2.71 bits per heavy atom. The maximum absolute atomic E-state index is 12.6. The van der Waals surface area contributed by atoms with Crippen LogP contribution in [0.3, 0.4) is 0 Å². The summed E-state index contributed by atoms with van der Waals surface area (Å²) in [4.78, 5) is 26.9. The zero-order valence-electron chi connectivity index (χ0n) is 15.0. The summed E-state index contributed by atoms with van der Waals surface area (Å²) in [5.41, 5.74) is 1.58. The molecule has 1 aliphatic rings. The summed E-state index contributed by atoms with van der Waals surface area (Å²) in [7, 11) is 1.58. The van der Waals surface area contributed by atoms with E-state index < -0.39 is 0 Å². The SMILES string of the molecule is COc1ccc(NC(=O)CCN2C(=O)/C(=C/c3cccc(Br)c3)SC2=S)cc1. The van der Waals surface area contributed by atoms with E-state index in [1.165, 1.54) is 16.7 Å². The molecule has 5 nitrogen and oxygen atoms in total. The monoisotopic (exact) mass is 476 g/mol. The Morgan fingerprint density at radius 2 is 2.04 bits per heavy atom. The Morgan fingerprint density at radius 1 is 1.29 bits per heavy atom. The van der Waals surface area contributed by atoms with Crippen LogP contribution in [0.4, 0.5) is 5.69 Å². The molecule has 0 atom stereocenters. The summed E-state index contributed by atoms with van der Waals surface area (Å²) < 4.78 is 6.49. The van der Waals surface area contributed by atoms with Crippen LogP contribution >= 0.6 is 39.9 Å². The molecule has 0 spiro atoms. The van der Waals surface area contributed by atoms with Crippen LogP contribution in [-0.4, -0.2) is 34.7 Å². The number of halogens is 1. The normalized spacial score (nSPS) is 15.2. The van der Waals surface area contributed by atoms with Crippen molar-refractivity contribution >= 4 is 67.8 Å². The molecule has 0 radical (unpaired) electrons. The fourth-order valence-electron chi connectivity index (χ4n) is 2.55. The number of carbonyl (C=O) groups is 2. The van der Waals surface area contributed by atoms with Crippen LogP contribution in [0.5, 0.6) is 5.75 Å². The van der Waals surface area contributed by atoms with Gasteiger partial charge >= 0.3 is 0 Å². The molecule has 3 rings (SSSR count). The van der Waals surface area contributed by atoms with E-state index in [0.717, 1.165) is 10.0 Å². The lowest BCUT2D eigenvalue weighted by Gasteiger charge is -2.14. The Kier molecular flexibility index (Phi) is 6.88. The first-order chi connectivity index (χ1) is 13.5. The van der Waals surface area contributed by atoms with Crippen LogP contribution in [0.2, 0.25) is 0 Å². The molecule has 2 aromatic carbocycles. The molecule has 0 aromatic heterocycles. The van der Waals surface area contributed by atoms with E-state index in [-0.39, 0.29) is 24.8 Å². The zero-order chi connectivity index (χ0) is 20.1. The van der Waals surface area contributed by atoms with Crippen molar-refractivity contribution in [2.45, 2.75) is 6.42 Å². The summed E-state index contributed by atoms with van der Waals surface area (Å²) in [5.74, 6) is 0.357. The summed E-state index contributed by atoms with van der Waals surface area (Å²) in [6.45, 7) is 0.239. The number of carbonyl (C=O) groups excluding carboxylic acids is 2. The summed E-state index contributed by atoms with van der Waals surface area (Å²) >= 11 is 9.99. The standard InChI is InChI=1S/C20H17BrN2O3S2/c1-26-16-7-5-15(6-8-16)22-18(24)9-10-23-19(25)17(28-20(23)27)12-13-3-2-4-14(21)11-13/h2-8,11-12H,9-10H2,1H3,(H,22,24)/b17-12-. The van der Waals surface area contributed by atoms with Gasteiger partial charge in [-0.3, -0.25) is 14.5 Å². The van der Waals surface area contributed by atoms with Gasteiger partial charge in [0.05, 0.1) is 12.0 Å². The number of rotatable bonds is 6. The van der Waals surface area contributed by atoms with Gasteiger partial charge in [-0.05, 0) is 48.0 Å². The van der Waals surface area contributed by atoms with E-state index in [0.29, 0.717) is 20.7 Å². The molecular formula is C20H17BrN2O3S2. The molecule has 8 heteroatoms. The minimum absolute atomic E-state index is 0.155. The smallest absolute Gasteiger partial charge is 0.266 e. The lowest BCUT2D eigenvalue weighted by molar-refractivity contribution is -0.122. The second-order valence-corrected chi connectivity index (χ2v) is 8.51. The fraction of sp³-hybridized carbons (Fsp3) is 0.150. The topological polar surface area (TPSA) is 58.6 Å². The number of methoxy groups -OCH3 is 1. The Hall–Kier alpha value is -2.16. The average Bonchev–Trinajstić information content (AvgIpc) is 2.93. The lowest BCUT2D eigenvalue weighted by atomic mass is 10.2. The Labute approximate surface area is 181 Å². The molecule has 2 amide bonds. The van der Waals surface area contributed by atoms with Gasteiger partial charge in [-0.15, -0.1) is 0 Å². The van der Waals surface area contributed by atoms with Crippen molar-refractivity contribution in [2.75, 3.05) is 19.0 Å². The molecule has 1 heterocycles. The number of benzene rings is 2. The quantitative estimate of drug-likeness (QED) is 0.484. The number of nitrogens with one attached hydrogen (secondary N) is 1. The van der Waals surface area contributed by atoms with E-state index in [1.54, 1.807) is 31.4 Å². The first kappa shape index (κ1) is 20.6. The van der Waals surface area contributed by atoms with Crippen molar-refractivity contribution in [1.29, 1.82) is 0 Å². The summed E-state index contributed by atoms with van der Waals surface area (Å²) in [6, 6.07) is 14.7. The highest BCUT2D eigenvalue weighted by molar-refractivity contribution is 9.10. The first-order valence-electron chi connectivity index (χ1n) is 8.41. The van der Waals surface area contributed by atoms with Crippen molar-refractivity contribution in [3.8, 4) is 5.75 Å². The van der Waals surface area contributed by atoms with E-state index in [4.69, 9.17) is 17.0 Å². The van der Waals surface area contributed by atoms with Crippen LogP contribution in [0.1, 0.15) is 12.0 Å². The third-order valence-electron chi connectivity index (χ3n) is 3.96. The highest BCUT2D eigenvalue weighted by Crippen LogP contribution is 2.33. The predicted octanol–water partition coefficient (Wildman–Crippen LogP) is 4.69. The van der Waals surface area contributed by atoms with E-state index >= 15 is 0 Å². The number of ether oxygens (including phenoxy) is 1. The van der Waals surface area contributed by atoms with Gasteiger partial charge in [-0.1, -0.05) is 52.0 Å². The number of amides is 2. The van der Waals surface area contributed by atoms with Crippen LogP contribution in [0, 0.1) is 0 Å². The van der Waals surface area contributed by atoms with E-state index in [2.05, 4.69) is 21.2 Å². The number of thioether (sulfide) groups is 1. The van der Waals surface area contributed by atoms with Crippen LogP contribution < -0.4 is 10.1 Å². The lowest BCUT2D eigenvalue weighted by Crippen LogP contribution is -2.31. The van der Waals surface area contributed by atoms with Crippen molar-refractivity contribution in [1.82, 2.24) is 4.90 Å². The Bertz CT molecular complexity index is 945. The zero-order valence-corrected chi connectivity index (χ0v) is 18.2. The molecule has 1 N–H and O–H groups in total. The second kappa shape index (κ2) is 9.36. The highest BCUT2D eigenvalue weighted by atomic mass is 79.9. The van der Waals surface area contributed by atoms with Crippen molar-refractivity contribution in [3.63, 3.8) is 0 Å². The van der Waals surface area contributed by atoms with Crippen LogP contribution in [0.15, 0.2) is 57.9 Å². The van der Waals surface area contributed by atoms with Crippen molar-refractivity contribution < 1.29 is 14.3 Å². The molecule has 0 saturated carbocycles. The Balaban J connectivity index is 1.58. The number of hydrogen-bond acceptors (Lipinski definition) is 5. The number of nitrogens with zero attached hydrogens (tertiary/aromatic N) is 1. The molecule has 28 heavy (non-hydrogen) atoms. The first-order valence-corrected chi connectivity index (χ1v) is 10.4. The van der Waals surface area contributed by atoms with Crippen molar-refractivity contribution in [3.05, 3.63) is 63.5 Å². The predicted molar refractivity (Wildman–Crippen MR) is 120 cm³/mol. The fourth-order valence-corrected chi connectivity index (χ4v) is 4.28. The molecule has 1 saturated heterocycles. The largest absolute Gasteiger partial charge is 0.497 e. The minimum Gasteiger partial charge on any atom is -0.497 e. The van der Waals surface area contributed by atoms with Gasteiger partial charge in [-0.2, -0.15) is 0 Å². The van der Waals surface area contributed by atoms with Crippen molar-refractivity contribution in [2.24, 2.45) is 0 Å². The average molecular weight is 477 g/mol. The van der Waals surface area contributed by atoms with E-state index in [1.807, 2.05) is 30.3 Å². The third kappa shape index (κ3) is 5.21. The molecular weight excluding hydrogens is 460 g/mol. The molecule has 0 aliphatic carbocycles. The number of thiocarbonyl (C=S) groups is 1. The molecule has 144 valence electrons. The van der Waals surface area contributed by atoms with Gasteiger partial charge in [0, 0.05) is 23.1 Å². The van der Waals surface area contributed by atoms with Crippen LogP contribution in [0.25, 0.3) is 6.08 Å². The highest BCUT2D eigenvalue weighted by Gasteiger charge is 2.32. The summed E-state index contributed by atoms with van der Waals surface area (Å²) in [5, 5.41) is 2.80. The molecule has 1 aliphatic heterocycles. The van der Waals surface area contributed by atoms with Gasteiger partial charge in [-0.25, -0.2) is 0 Å². The van der Waals surface area contributed by atoms with Gasteiger partial charge in [0.1, 0.15) is 10.1 Å². The third-order valence-corrected chi connectivity index (χ3v) is 5.83. The van der Waals surface area contributed by atoms with Gasteiger partial charge in [0.25, 0.3) is 5.91 Å². The van der Waals surface area contributed by atoms with Gasteiger partial charge in [0.15, 0.2) is 0 Å².